The maximum absolute atomic E-state index is 12.3. The molecule has 0 saturated heterocycles. The van der Waals surface area contributed by atoms with Crippen molar-refractivity contribution in [3.8, 4) is 28.4 Å². The molecule has 0 amide bonds. The van der Waals surface area contributed by atoms with Gasteiger partial charge in [-0.05, 0) is 59.7 Å². The highest BCUT2D eigenvalue weighted by atomic mass is 16.5. The van der Waals surface area contributed by atoms with Crippen LogP contribution >= 0.6 is 0 Å². The summed E-state index contributed by atoms with van der Waals surface area (Å²) in [6.45, 7) is 4.69. The van der Waals surface area contributed by atoms with Crippen LogP contribution in [0, 0.1) is 0 Å². The number of allylic oxidation sites excluding steroid dienone is 1. The number of aromatic nitrogens is 5. The van der Waals surface area contributed by atoms with Crippen LogP contribution in [0.25, 0.3) is 28.7 Å². The second kappa shape index (κ2) is 7.57. The topological polar surface area (TPSA) is 96.5 Å². The van der Waals surface area contributed by atoms with Crippen LogP contribution < -0.4 is 10.3 Å². The van der Waals surface area contributed by atoms with Gasteiger partial charge in [-0.2, -0.15) is 0 Å². The van der Waals surface area contributed by atoms with Crippen molar-refractivity contribution >= 4 is 6.08 Å². The third-order valence-corrected chi connectivity index (χ3v) is 3.64. The zero-order valence-corrected chi connectivity index (χ0v) is 14.1. The van der Waals surface area contributed by atoms with E-state index < -0.39 is 0 Å². The van der Waals surface area contributed by atoms with Crippen molar-refractivity contribution in [3.63, 3.8) is 0 Å². The van der Waals surface area contributed by atoms with Crippen molar-refractivity contribution in [2.45, 2.75) is 20.3 Å². The van der Waals surface area contributed by atoms with Crippen molar-refractivity contribution in [1.82, 2.24) is 25.6 Å². The number of hydrogen-bond acceptors (Lipinski definition) is 5. The monoisotopic (exact) mass is 337 g/mol. The van der Waals surface area contributed by atoms with Gasteiger partial charge < -0.3 is 9.72 Å². The minimum Gasteiger partial charge on any atom is -0.493 e. The standard InChI is InChI=1S/C18H19N5O2/c1-3-5-13-11-12(6-9-16(13)25-10-4-2)15-8-7-14(18(24)19-15)17-20-22-23-21-17/h3,5-9,11H,4,10H2,1-2H3,(H,19,24)(H,20,21,22,23). The van der Waals surface area contributed by atoms with E-state index in [0.29, 0.717) is 23.7 Å². The molecule has 3 aromatic rings. The first-order valence-electron chi connectivity index (χ1n) is 8.10. The number of aromatic amines is 2. The Kier molecular flexibility index (Phi) is 5.03. The Bertz CT molecular complexity index is 929. The number of ether oxygens (including phenoxy) is 1. The summed E-state index contributed by atoms with van der Waals surface area (Å²) in [7, 11) is 0. The van der Waals surface area contributed by atoms with Gasteiger partial charge in [0, 0.05) is 11.3 Å². The number of nitrogens with one attached hydrogen (secondary N) is 2. The van der Waals surface area contributed by atoms with Gasteiger partial charge in [-0.3, -0.25) is 4.79 Å². The van der Waals surface area contributed by atoms with E-state index in [1.54, 1.807) is 6.07 Å². The minimum atomic E-state index is -0.255. The number of pyridine rings is 1. The molecule has 0 aliphatic rings. The molecule has 7 heteroatoms. The molecular weight excluding hydrogens is 318 g/mol. The Labute approximate surface area is 144 Å². The lowest BCUT2D eigenvalue weighted by Crippen LogP contribution is -2.10. The molecule has 0 aliphatic carbocycles. The predicted molar refractivity (Wildman–Crippen MR) is 96.2 cm³/mol. The second-order valence-corrected chi connectivity index (χ2v) is 5.47. The molecule has 0 radical (unpaired) electrons. The van der Waals surface area contributed by atoms with Gasteiger partial charge in [0.25, 0.3) is 5.56 Å². The highest BCUT2D eigenvalue weighted by Crippen LogP contribution is 2.27. The number of hydrogen-bond donors (Lipinski definition) is 2. The highest BCUT2D eigenvalue weighted by molar-refractivity contribution is 5.69. The van der Waals surface area contributed by atoms with E-state index in [2.05, 4.69) is 32.5 Å². The maximum atomic E-state index is 12.3. The van der Waals surface area contributed by atoms with E-state index in [-0.39, 0.29) is 5.56 Å². The lowest BCUT2D eigenvalue weighted by Gasteiger charge is -2.11. The first kappa shape index (κ1) is 16.6. The average molecular weight is 337 g/mol. The normalized spacial score (nSPS) is 11.1. The number of rotatable bonds is 6. The molecule has 0 unspecified atom stereocenters. The number of nitrogens with zero attached hydrogens (tertiary/aromatic N) is 3. The molecule has 1 aromatic carbocycles. The summed E-state index contributed by atoms with van der Waals surface area (Å²) in [5.74, 6) is 1.17. The number of H-pyrrole nitrogens is 2. The fourth-order valence-corrected chi connectivity index (χ4v) is 2.47. The van der Waals surface area contributed by atoms with Crippen LogP contribution in [-0.2, 0) is 0 Å². The minimum absolute atomic E-state index is 0.255. The van der Waals surface area contributed by atoms with Gasteiger partial charge >= 0.3 is 0 Å². The first-order valence-corrected chi connectivity index (χ1v) is 8.10. The van der Waals surface area contributed by atoms with Gasteiger partial charge in [-0.1, -0.05) is 19.1 Å². The fraction of sp³-hybridized carbons (Fsp3) is 0.222. The van der Waals surface area contributed by atoms with Gasteiger partial charge in [0.15, 0.2) is 5.82 Å². The van der Waals surface area contributed by atoms with Crippen LogP contribution in [-0.4, -0.2) is 32.2 Å². The Morgan fingerprint density at radius 1 is 1.24 bits per heavy atom. The van der Waals surface area contributed by atoms with Crippen LogP contribution in [0.15, 0.2) is 41.2 Å². The van der Waals surface area contributed by atoms with E-state index in [1.165, 1.54) is 0 Å². The quantitative estimate of drug-likeness (QED) is 0.720. The van der Waals surface area contributed by atoms with Gasteiger partial charge in [0.05, 0.1) is 12.2 Å². The molecule has 0 atom stereocenters. The molecule has 0 aliphatic heterocycles. The molecular formula is C18H19N5O2. The Balaban J connectivity index is 1.97. The number of tetrazole rings is 1. The Morgan fingerprint density at radius 2 is 2.12 bits per heavy atom. The molecule has 0 fully saturated rings. The second-order valence-electron chi connectivity index (χ2n) is 5.47. The highest BCUT2D eigenvalue weighted by Gasteiger charge is 2.10. The summed E-state index contributed by atoms with van der Waals surface area (Å²) < 4.78 is 5.77. The van der Waals surface area contributed by atoms with Gasteiger partial charge in [-0.25, -0.2) is 5.10 Å². The molecule has 3 rings (SSSR count). The SMILES string of the molecule is CC=Cc1cc(-c2ccc(-c3nnn[nH]3)c(=O)[nH]2)ccc1OCCC. The summed E-state index contributed by atoms with van der Waals surface area (Å²) in [4.78, 5) is 15.2. The fourth-order valence-electron chi connectivity index (χ4n) is 2.47. The average Bonchev–Trinajstić information content (AvgIpc) is 3.15. The maximum Gasteiger partial charge on any atom is 0.259 e. The lowest BCUT2D eigenvalue weighted by atomic mass is 10.1. The smallest absolute Gasteiger partial charge is 0.259 e. The van der Waals surface area contributed by atoms with Crippen molar-refractivity contribution < 1.29 is 4.74 Å². The van der Waals surface area contributed by atoms with Crippen LogP contribution in [0.4, 0.5) is 0 Å². The van der Waals surface area contributed by atoms with Crippen LogP contribution in [0.2, 0.25) is 0 Å². The van der Waals surface area contributed by atoms with Crippen molar-refractivity contribution in [1.29, 1.82) is 0 Å². The van der Waals surface area contributed by atoms with E-state index >= 15 is 0 Å². The Hall–Kier alpha value is -3.22. The Morgan fingerprint density at radius 3 is 2.80 bits per heavy atom. The third-order valence-electron chi connectivity index (χ3n) is 3.64. The zero-order valence-electron chi connectivity index (χ0n) is 14.1. The molecule has 0 saturated carbocycles. The molecule has 2 heterocycles. The summed E-state index contributed by atoms with van der Waals surface area (Å²) in [5, 5.41) is 13.3. The first-order chi connectivity index (χ1) is 12.2. The summed E-state index contributed by atoms with van der Waals surface area (Å²) >= 11 is 0. The molecule has 0 spiro atoms. The third kappa shape index (κ3) is 3.65. The lowest BCUT2D eigenvalue weighted by molar-refractivity contribution is 0.317. The van der Waals surface area contributed by atoms with Crippen LogP contribution in [0.1, 0.15) is 25.8 Å². The largest absolute Gasteiger partial charge is 0.493 e. The summed E-state index contributed by atoms with van der Waals surface area (Å²) in [6.07, 6.45) is 4.89. The van der Waals surface area contributed by atoms with E-state index in [0.717, 1.165) is 23.3 Å². The van der Waals surface area contributed by atoms with Crippen molar-refractivity contribution in [2.75, 3.05) is 6.61 Å². The molecule has 2 N–H and O–H groups in total. The number of benzene rings is 1. The molecule has 25 heavy (non-hydrogen) atoms. The van der Waals surface area contributed by atoms with Crippen molar-refractivity contribution in [2.24, 2.45) is 0 Å². The van der Waals surface area contributed by atoms with Crippen LogP contribution in [0.3, 0.4) is 0 Å². The predicted octanol–water partition coefficient (Wildman–Crippen LogP) is 3.04. The van der Waals surface area contributed by atoms with Crippen LogP contribution in [0.5, 0.6) is 5.75 Å². The van der Waals surface area contributed by atoms with E-state index in [9.17, 15) is 4.79 Å². The molecule has 0 bridgehead atoms. The van der Waals surface area contributed by atoms with Gasteiger partial charge in [-0.15, -0.1) is 5.10 Å². The zero-order chi connectivity index (χ0) is 17.6. The van der Waals surface area contributed by atoms with E-state index in [4.69, 9.17) is 4.74 Å². The van der Waals surface area contributed by atoms with Gasteiger partial charge in [0.1, 0.15) is 5.75 Å². The molecule has 128 valence electrons. The van der Waals surface area contributed by atoms with E-state index in [1.807, 2.05) is 43.3 Å². The van der Waals surface area contributed by atoms with Crippen molar-refractivity contribution in [3.05, 3.63) is 52.3 Å². The molecule has 7 nitrogen and oxygen atoms in total. The molecule has 2 aromatic heterocycles. The summed E-state index contributed by atoms with van der Waals surface area (Å²) in [5.41, 5.74) is 2.73. The van der Waals surface area contributed by atoms with Gasteiger partial charge in [0.2, 0.25) is 0 Å². The summed E-state index contributed by atoms with van der Waals surface area (Å²) in [6, 6.07) is 9.38.